The third kappa shape index (κ3) is 1.11. The number of hydrogen-bond acceptors (Lipinski definition) is 1. The van der Waals surface area contributed by atoms with Crippen molar-refractivity contribution in [2.45, 2.75) is 30.7 Å². The highest BCUT2D eigenvalue weighted by Gasteiger charge is 2.57. The summed E-state index contributed by atoms with van der Waals surface area (Å²) in [5, 5.41) is 0. The molecular formula is C12H15N. The zero-order chi connectivity index (χ0) is 8.89. The molecule has 0 aliphatic heterocycles. The number of fused-ring (bicyclic) bond motifs is 1. The standard InChI is InChI=1S/C12H15N/c13-12-7-10(6-11(12)8-12)9-4-2-1-3-5-9/h1-5,10-11H,6-8,13H2/t10-,11-,12+/m1/s1. The van der Waals surface area contributed by atoms with Crippen LogP contribution in [-0.4, -0.2) is 5.54 Å². The van der Waals surface area contributed by atoms with Gasteiger partial charge in [-0.2, -0.15) is 0 Å². The zero-order valence-corrected chi connectivity index (χ0v) is 7.74. The quantitative estimate of drug-likeness (QED) is 0.692. The Morgan fingerprint density at radius 3 is 2.54 bits per heavy atom. The van der Waals surface area contributed by atoms with Crippen LogP contribution >= 0.6 is 0 Å². The normalized spacial score (nSPS) is 41.6. The largest absolute Gasteiger partial charge is 0.325 e. The van der Waals surface area contributed by atoms with Gasteiger partial charge in [-0.25, -0.2) is 0 Å². The van der Waals surface area contributed by atoms with Crippen molar-refractivity contribution >= 4 is 0 Å². The fraction of sp³-hybridized carbons (Fsp3) is 0.500. The van der Waals surface area contributed by atoms with Crippen molar-refractivity contribution in [1.29, 1.82) is 0 Å². The van der Waals surface area contributed by atoms with E-state index in [1.807, 2.05) is 0 Å². The van der Waals surface area contributed by atoms with E-state index in [1.54, 1.807) is 0 Å². The molecule has 2 fully saturated rings. The van der Waals surface area contributed by atoms with Crippen molar-refractivity contribution in [2.24, 2.45) is 11.7 Å². The molecule has 2 aliphatic rings. The van der Waals surface area contributed by atoms with E-state index in [0.29, 0.717) is 0 Å². The molecule has 0 saturated heterocycles. The number of nitrogens with two attached hydrogens (primary N) is 1. The first-order valence-corrected chi connectivity index (χ1v) is 5.12. The average Bonchev–Trinajstić information content (AvgIpc) is 2.67. The van der Waals surface area contributed by atoms with Crippen LogP contribution in [0.4, 0.5) is 0 Å². The van der Waals surface area contributed by atoms with Crippen LogP contribution in [0.3, 0.4) is 0 Å². The SMILES string of the molecule is N[C@]12C[C@H](c3ccccc3)C[C@@H]1C2. The second-order valence-electron chi connectivity index (χ2n) is 4.68. The van der Waals surface area contributed by atoms with Gasteiger partial charge < -0.3 is 5.73 Å². The number of hydrogen-bond donors (Lipinski definition) is 1. The van der Waals surface area contributed by atoms with E-state index in [9.17, 15) is 0 Å². The smallest absolute Gasteiger partial charge is 0.0192 e. The predicted molar refractivity (Wildman–Crippen MR) is 53.4 cm³/mol. The lowest BCUT2D eigenvalue weighted by molar-refractivity contribution is 0.585. The Labute approximate surface area is 78.9 Å². The Morgan fingerprint density at radius 1 is 1.15 bits per heavy atom. The lowest BCUT2D eigenvalue weighted by atomic mass is 9.94. The molecule has 0 radical (unpaired) electrons. The second-order valence-corrected chi connectivity index (χ2v) is 4.68. The van der Waals surface area contributed by atoms with Gasteiger partial charge in [-0.1, -0.05) is 30.3 Å². The Bertz CT molecular complexity index is 319. The van der Waals surface area contributed by atoms with Gasteiger partial charge in [0.05, 0.1) is 0 Å². The first-order chi connectivity index (χ1) is 6.28. The Morgan fingerprint density at radius 2 is 1.92 bits per heavy atom. The van der Waals surface area contributed by atoms with E-state index in [4.69, 9.17) is 5.73 Å². The van der Waals surface area contributed by atoms with Crippen LogP contribution in [0, 0.1) is 5.92 Å². The summed E-state index contributed by atoms with van der Waals surface area (Å²) in [6.07, 6.45) is 3.80. The van der Waals surface area contributed by atoms with Gasteiger partial charge in [-0.15, -0.1) is 0 Å². The Balaban J connectivity index is 1.82. The van der Waals surface area contributed by atoms with Crippen LogP contribution in [-0.2, 0) is 0 Å². The van der Waals surface area contributed by atoms with E-state index < -0.39 is 0 Å². The molecule has 0 bridgehead atoms. The van der Waals surface area contributed by atoms with Crippen molar-refractivity contribution in [3.63, 3.8) is 0 Å². The lowest BCUT2D eigenvalue weighted by Crippen LogP contribution is -2.21. The summed E-state index contributed by atoms with van der Waals surface area (Å²) in [5.74, 6) is 1.57. The van der Waals surface area contributed by atoms with Crippen molar-refractivity contribution < 1.29 is 0 Å². The molecule has 1 nitrogen and oxygen atoms in total. The second kappa shape index (κ2) is 2.36. The number of benzene rings is 1. The molecule has 2 saturated carbocycles. The van der Waals surface area contributed by atoms with Crippen molar-refractivity contribution in [1.82, 2.24) is 0 Å². The monoisotopic (exact) mass is 173 g/mol. The van der Waals surface area contributed by atoms with E-state index in [2.05, 4.69) is 30.3 Å². The summed E-state index contributed by atoms with van der Waals surface area (Å²) < 4.78 is 0. The highest BCUT2D eigenvalue weighted by Crippen LogP contribution is 2.58. The van der Waals surface area contributed by atoms with Crippen LogP contribution in [0.15, 0.2) is 30.3 Å². The molecule has 3 atom stereocenters. The van der Waals surface area contributed by atoms with Crippen molar-refractivity contribution in [2.75, 3.05) is 0 Å². The molecule has 0 heterocycles. The zero-order valence-electron chi connectivity index (χ0n) is 7.74. The minimum atomic E-state index is 0.237. The van der Waals surface area contributed by atoms with Gasteiger partial charge in [0, 0.05) is 5.54 Å². The molecule has 2 N–H and O–H groups in total. The van der Waals surface area contributed by atoms with Crippen LogP contribution in [0.5, 0.6) is 0 Å². The van der Waals surface area contributed by atoms with Crippen LogP contribution < -0.4 is 5.73 Å². The molecule has 0 unspecified atom stereocenters. The molecule has 3 rings (SSSR count). The average molecular weight is 173 g/mol. The summed E-state index contributed by atoms with van der Waals surface area (Å²) in [4.78, 5) is 0. The minimum Gasteiger partial charge on any atom is -0.325 e. The van der Waals surface area contributed by atoms with Gasteiger partial charge in [-0.3, -0.25) is 0 Å². The van der Waals surface area contributed by atoms with Gasteiger partial charge in [0.2, 0.25) is 0 Å². The topological polar surface area (TPSA) is 26.0 Å². The van der Waals surface area contributed by atoms with E-state index in [-0.39, 0.29) is 5.54 Å². The fourth-order valence-corrected chi connectivity index (χ4v) is 2.83. The summed E-state index contributed by atoms with van der Waals surface area (Å²) in [6.45, 7) is 0. The Hall–Kier alpha value is -0.820. The summed E-state index contributed by atoms with van der Waals surface area (Å²) in [5.41, 5.74) is 7.90. The minimum absolute atomic E-state index is 0.237. The van der Waals surface area contributed by atoms with Crippen LogP contribution in [0.25, 0.3) is 0 Å². The summed E-state index contributed by atoms with van der Waals surface area (Å²) >= 11 is 0. The molecule has 2 aliphatic carbocycles. The molecular weight excluding hydrogens is 158 g/mol. The molecule has 1 aromatic rings. The lowest BCUT2D eigenvalue weighted by Gasteiger charge is -2.13. The van der Waals surface area contributed by atoms with Crippen molar-refractivity contribution in [3.05, 3.63) is 35.9 Å². The predicted octanol–water partition coefficient (Wildman–Crippen LogP) is 2.28. The van der Waals surface area contributed by atoms with Crippen LogP contribution in [0.2, 0.25) is 0 Å². The molecule has 1 aromatic carbocycles. The Kier molecular flexibility index (Phi) is 1.37. The summed E-state index contributed by atoms with van der Waals surface area (Å²) in [7, 11) is 0. The highest BCUT2D eigenvalue weighted by atomic mass is 14.9. The van der Waals surface area contributed by atoms with Gasteiger partial charge in [-0.05, 0) is 36.7 Å². The van der Waals surface area contributed by atoms with Gasteiger partial charge in [0.1, 0.15) is 0 Å². The van der Waals surface area contributed by atoms with Crippen molar-refractivity contribution in [3.8, 4) is 0 Å². The van der Waals surface area contributed by atoms with Gasteiger partial charge in [0.15, 0.2) is 0 Å². The number of rotatable bonds is 1. The maximum atomic E-state index is 6.18. The molecule has 0 spiro atoms. The third-order valence-corrected chi connectivity index (χ3v) is 3.75. The van der Waals surface area contributed by atoms with Crippen LogP contribution in [0.1, 0.15) is 30.7 Å². The molecule has 1 heteroatoms. The molecule has 13 heavy (non-hydrogen) atoms. The first kappa shape index (κ1) is 7.57. The molecule has 0 aromatic heterocycles. The molecule has 0 amide bonds. The van der Waals surface area contributed by atoms with E-state index in [0.717, 1.165) is 11.8 Å². The summed E-state index contributed by atoms with van der Waals surface area (Å²) in [6, 6.07) is 10.8. The maximum Gasteiger partial charge on any atom is 0.0192 e. The maximum absolute atomic E-state index is 6.18. The molecule has 68 valence electrons. The van der Waals surface area contributed by atoms with E-state index in [1.165, 1.54) is 24.8 Å². The first-order valence-electron chi connectivity index (χ1n) is 5.12. The fourth-order valence-electron chi connectivity index (χ4n) is 2.83. The third-order valence-electron chi connectivity index (χ3n) is 3.75. The van der Waals surface area contributed by atoms with Gasteiger partial charge >= 0.3 is 0 Å². The van der Waals surface area contributed by atoms with Gasteiger partial charge in [0.25, 0.3) is 0 Å². The van der Waals surface area contributed by atoms with E-state index >= 15 is 0 Å². The highest BCUT2D eigenvalue weighted by molar-refractivity contribution is 5.27.